The van der Waals surface area contributed by atoms with Crippen molar-refractivity contribution in [2.75, 3.05) is 18.1 Å². The van der Waals surface area contributed by atoms with Gasteiger partial charge in [-0.3, -0.25) is 4.79 Å². The van der Waals surface area contributed by atoms with Gasteiger partial charge in [0.2, 0.25) is 0 Å². The maximum absolute atomic E-state index is 13.3. The maximum atomic E-state index is 13.3. The van der Waals surface area contributed by atoms with Crippen LogP contribution in [0.3, 0.4) is 0 Å². The fourth-order valence-corrected chi connectivity index (χ4v) is 5.00. The number of aliphatic hydroxyl groups is 1. The minimum atomic E-state index is -0.676. The number of hydrogen-bond acceptors (Lipinski definition) is 4. The summed E-state index contributed by atoms with van der Waals surface area (Å²) in [7, 11) is 0. The molecule has 2 rings (SSSR count). The molecule has 2 aromatic carbocycles. The van der Waals surface area contributed by atoms with Crippen molar-refractivity contribution in [1.29, 1.82) is 0 Å². The predicted octanol–water partition coefficient (Wildman–Crippen LogP) is 6.21. The molecule has 1 atom stereocenters. The van der Waals surface area contributed by atoms with Gasteiger partial charge in [0.05, 0.1) is 12.0 Å². The number of hydrogen-bond donors (Lipinski definition) is 1. The first-order valence-corrected chi connectivity index (χ1v) is 12.7. The second kappa shape index (κ2) is 12.1. The Balaban J connectivity index is 2.08. The zero-order chi connectivity index (χ0) is 22.0. The fraction of sp³-hybridized carbons (Fsp3) is 0.480. The van der Waals surface area contributed by atoms with E-state index in [1.54, 1.807) is 11.8 Å². The van der Waals surface area contributed by atoms with E-state index in [0.717, 1.165) is 45.5 Å². The van der Waals surface area contributed by atoms with Gasteiger partial charge < -0.3 is 9.84 Å². The van der Waals surface area contributed by atoms with E-state index in [-0.39, 0.29) is 18.0 Å². The molecule has 5 heteroatoms. The molecule has 3 nitrogen and oxygen atoms in total. The zero-order valence-electron chi connectivity index (χ0n) is 18.2. The van der Waals surface area contributed by atoms with Crippen LogP contribution in [0.1, 0.15) is 51.2 Å². The van der Waals surface area contributed by atoms with Crippen LogP contribution >= 0.6 is 34.4 Å². The summed E-state index contributed by atoms with van der Waals surface area (Å²) in [5.74, 6) is 1.61. The molecule has 1 N–H and O–H groups in total. The molecule has 0 fully saturated rings. The van der Waals surface area contributed by atoms with Gasteiger partial charge in [-0.1, -0.05) is 62.7 Å². The molecule has 0 aromatic heterocycles. The van der Waals surface area contributed by atoms with Crippen LogP contribution in [0.4, 0.5) is 0 Å². The summed E-state index contributed by atoms with van der Waals surface area (Å²) in [5, 5.41) is 9.02. The third kappa shape index (κ3) is 7.89. The lowest BCUT2D eigenvalue weighted by Gasteiger charge is -2.30. The van der Waals surface area contributed by atoms with E-state index in [1.807, 2.05) is 55.5 Å². The molecule has 0 spiro atoms. The van der Waals surface area contributed by atoms with E-state index in [0.29, 0.717) is 6.61 Å². The lowest BCUT2D eigenvalue weighted by molar-refractivity contribution is -0.151. The van der Waals surface area contributed by atoms with E-state index in [2.05, 4.69) is 42.5 Å². The minimum absolute atomic E-state index is 0.166. The number of rotatable bonds is 12. The average Bonchev–Trinajstić information content (AvgIpc) is 2.72. The Labute approximate surface area is 199 Å². The predicted molar refractivity (Wildman–Crippen MR) is 135 cm³/mol. The first-order valence-electron chi connectivity index (χ1n) is 10.4. The van der Waals surface area contributed by atoms with E-state index in [4.69, 9.17) is 9.84 Å². The molecule has 30 heavy (non-hydrogen) atoms. The number of carbonyl (C=O) groups is 1. The molecule has 0 aliphatic rings. The minimum Gasteiger partial charge on any atom is -0.460 e. The summed E-state index contributed by atoms with van der Waals surface area (Å²) in [6, 6.07) is 18.0. The van der Waals surface area contributed by atoms with E-state index < -0.39 is 5.41 Å². The third-order valence-corrected chi connectivity index (χ3v) is 7.51. The molecule has 164 valence electrons. The highest BCUT2D eigenvalue weighted by atomic mass is 127. The molecule has 0 aliphatic carbocycles. The quantitative estimate of drug-likeness (QED) is 0.198. The molecule has 0 saturated heterocycles. The van der Waals surface area contributed by atoms with Gasteiger partial charge in [-0.25, -0.2) is 0 Å². The van der Waals surface area contributed by atoms with Gasteiger partial charge in [0, 0.05) is 9.32 Å². The second-order valence-electron chi connectivity index (χ2n) is 8.70. The molecule has 0 bridgehead atoms. The number of thioether (sulfide) groups is 1. The van der Waals surface area contributed by atoms with Crippen molar-refractivity contribution in [3.05, 3.63) is 69.3 Å². The SMILES string of the molecule is CC(C)(CCC[C@@](C)(C(=O)OCc1ccccc1)c1cccc(I)c1)CSCCO. The molecule has 2 aromatic rings. The topological polar surface area (TPSA) is 46.5 Å². The number of halogens is 1. The molecule has 0 aliphatic heterocycles. The highest BCUT2D eigenvalue weighted by molar-refractivity contribution is 14.1. The van der Waals surface area contributed by atoms with Gasteiger partial charge in [0.15, 0.2) is 0 Å². The van der Waals surface area contributed by atoms with Crippen LogP contribution in [0.15, 0.2) is 54.6 Å². The number of esters is 1. The Kier molecular flexibility index (Phi) is 10.2. The second-order valence-corrected chi connectivity index (χ2v) is 11.0. The third-order valence-electron chi connectivity index (χ3n) is 5.38. The molecular weight excluding hydrogens is 507 g/mol. The van der Waals surface area contributed by atoms with Gasteiger partial charge in [0.25, 0.3) is 0 Å². The van der Waals surface area contributed by atoms with Gasteiger partial charge in [0.1, 0.15) is 6.61 Å². The molecule has 0 unspecified atom stereocenters. The molecule has 0 amide bonds. The van der Waals surface area contributed by atoms with Crippen LogP contribution in [0.2, 0.25) is 0 Å². The van der Waals surface area contributed by atoms with Gasteiger partial charge in [-0.05, 0) is 76.8 Å². The van der Waals surface area contributed by atoms with Crippen molar-refractivity contribution in [3.8, 4) is 0 Å². The van der Waals surface area contributed by atoms with Crippen LogP contribution in [-0.4, -0.2) is 29.2 Å². The number of benzene rings is 2. The Hall–Kier alpha value is -1.05. The van der Waals surface area contributed by atoms with Crippen molar-refractivity contribution in [2.24, 2.45) is 5.41 Å². The molecule has 0 heterocycles. The molecule has 0 radical (unpaired) electrons. The van der Waals surface area contributed by atoms with E-state index in [1.165, 1.54) is 0 Å². The summed E-state index contributed by atoms with van der Waals surface area (Å²) >= 11 is 4.08. The zero-order valence-corrected chi connectivity index (χ0v) is 21.2. The van der Waals surface area contributed by atoms with Gasteiger partial charge >= 0.3 is 5.97 Å². The summed E-state index contributed by atoms with van der Waals surface area (Å²) in [5.41, 5.74) is 1.50. The lowest BCUT2D eigenvalue weighted by Crippen LogP contribution is -2.35. The van der Waals surface area contributed by atoms with Crippen LogP contribution in [0, 0.1) is 8.99 Å². The number of aliphatic hydroxyl groups excluding tert-OH is 1. The van der Waals surface area contributed by atoms with Crippen LogP contribution in [0.5, 0.6) is 0 Å². The van der Waals surface area contributed by atoms with Crippen LogP contribution in [0.25, 0.3) is 0 Å². The average molecular weight is 541 g/mol. The standard InChI is InChI=1S/C25H33IO3S/c1-24(2,19-30-16-15-27)13-8-14-25(3,21-11-7-12-22(26)17-21)23(28)29-18-20-9-5-4-6-10-20/h4-7,9-12,17,27H,8,13-16,18-19H2,1-3H3/t25-/m1/s1. The highest BCUT2D eigenvalue weighted by Crippen LogP contribution is 2.36. The molecular formula is C25H33IO3S. The van der Waals surface area contributed by atoms with E-state index >= 15 is 0 Å². The first-order chi connectivity index (χ1) is 14.3. The highest BCUT2D eigenvalue weighted by Gasteiger charge is 2.37. The summed E-state index contributed by atoms with van der Waals surface area (Å²) in [4.78, 5) is 13.3. The summed E-state index contributed by atoms with van der Waals surface area (Å²) in [6.07, 6.45) is 2.71. The normalized spacial score (nSPS) is 13.6. The smallest absolute Gasteiger partial charge is 0.316 e. The monoisotopic (exact) mass is 540 g/mol. The van der Waals surface area contributed by atoms with Gasteiger partial charge in [-0.2, -0.15) is 11.8 Å². The number of carbonyl (C=O) groups excluding carboxylic acids is 1. The molecule has 0 saturated carbocycles. The lowest BCUT2D eigenvalue weighted by atomic mass is 9.76. The maximum Gasteiger partial charge on any atom is 0.316 e. The summed E-state index contributed by atoms with van der Waals surface area (Å²) in [6.45, 7) is 7.04. The van der Waals surface area contributed by atoms with Crippen LogP contribution < -0.4 is 0 Å². The van der Waals surface area contributed by atoms with Crippen LogP contribution in [-0.2, 0) is 21.6 Å². The van der Waals surface area contributed by atoms with Crippen molar-refractivity contribution in [1.82, 2.24) is 0 Å². The van der Waals surface area contributed by atoms with Crippen molar-refractivity contribution in [2.45, 2.75) is 52.1 Å². The summed E-state index contributed by atoms with van der Waals surface area (Å²) < 4.78 is 6.89. The largest absolute Gasteiger partial charge is 0.460 e. The Morgan fingerprint density at radius 3 is 2.47 bits per heavy atom. The Morgan fingerprint density at radius 2 is 1.80 bits per heavy atom. The Bertz CT molecular complexity index is 794. The van der Waals surface area contributed by atoms with Crippen molar-refractivity contribution >= 4 is 40.3 Å². The first kappa shape index (κ1) is 25.2. The fourth-order valence-electron chi connectivity index (χ4n) is 3.48. The van der Waals surface area contributed by atoms with Crippen molar-refractivity contribution in [3.63, 3.8) is 0 Å². The van der Waals surface area contributed by atoms with E-state index in [9.17, 15) is 4.79 Å². The Morgan fingerprint density at radius 1 is 1.07 bits per heavy atom. The number of ether oxygens (including phenoxy) is 1. The van der Waals surface area contributed by atoms with Gasteiger partial charge in [-0.15, -0.1) is 0 Å². The van der Waals surface area contributed by atoms with Crippen molar-refractivity contribution < 1.29 is 14.6 Å².